The molecule has 0 atom stereocenters. The number of hydrogen-bond donors (Lipinski definition) is 1. The van der Waals surface area contributed by atoms with Crippen LogP contribution in [0.5, 0.6) is 5.75 Å². The van der Waals surface area contributed by atoms with Crippen LogP contribution in [0.2, 0.25) is 0 Å². The van der Waals surface area contributed by atoms with Gasteiger partial charge < -0.3 is 15.0 Å². The first-order valence-corrected chi connectivity index (χ1v) is 10.7. The maximum absolute atomic E-state index is 12.4. The van der Waals surface area contributed by atoms with Crippen LogP contribution in [0.25, 0.3) is 0 Å². The van der Waals surface area contributed by atoms with E-state index in [0.29, 0.717) is 17.0 Å². The highest BCUT2D eigenvalue weighted by Crippen LogP contribution is 2.19. The normalized spacial score (nSPS) is 10.9. The Bertz CT molecular complexity index is 972. The molecule has 8 nitrogen and oxygen atoms in total. The topological polar surface area (TPSA) is 96.0 Å². The van der Waals surface area contributed by atoms with Crippen molar-refractivity contribution in [2.45, 2.75) is 6.54 Å². The summed E-state index contributed by atoms with van der Waals surface area (Å²) in [5.41, 5.74) is 1.50. The molecule has 0 saturated heterocycles. The lowest BCUT2D eigenvalue weighted by atomic mass is 10.2. The monoisotopic (exact) mass is 419 g/mol. The quantitative estimate of drug-likeness (QED) is 0.699. The molecule has 0 aliphatic rings. The van der Waals surface area contributed by atoms with E-state index in [1.807, 2.05) is 18.2 Å². The zero-order valence-corrected chi connectivity index (χ0v) is 17.7. The van der Waals surface area contributed by atoms with Gasteiger partial charge in [-0.15, -0.1) is 0 Å². The molecule has 9 heteroatoms. The fraction of sp³-hybridized carbons (Fsp3) is 0.300. The van der Waals surface area contributed by atoms with Crippen molar-refractivity contribution in [3.63, 3.8) is 0 Å². The maximum Gasteiger partial charge on any atom is 0.253 e. The molecular formula is C20H25N3O5S. The van der Waals surface area contributed by atoms with Gasteiger partial charge in [0.05, 0.1) is 19.1 Å². The largest absolute Gasteiger partial charge is 0.496 e. The van der Waals surface area contributed by atoms with Crippen molar-refractivity contribution in [1.82, 2.24) is 10.2 Å². The second-order valence-corrected chi connectivity index (χ2v) is 8.51. The molecule has 0 spiro atoms. The van der Waals surface area contributed by atoms with E-state index in [0.717, 1.165) is 16.1 Å². The maximum atomic E-state index is 12.4. The number of sulfonamides is 1. The van der Waals surface area contributed by atoms with E-state index in [4.69, 9.17) is 4.74 Å². The SMILES string of the molecule is COc1ccccc1CNC(=O)CN(c1ccc(C(=O)N(C)C)cc1)S(C)(=O)=O. The number of rotatable bonds is 8. The summed E-state index contributed by atoms with van der Waals surface area (Å²) >= 11 is 0. The predicted molar refractivity (Wildman–Crippen MR) is 111 cm³/mol. The Hall–Kier alpha value is -3.07. The average Bonchev–Trinajstić information content (AvgIpc) is 2.69. The number of anilines is 1. The van der Waals surface area contributed by atoms with E-state index in [1.54, 1.807) is 20.2 Å². The molecule has 0 radical (unpaired) electrons. The van der Waals surface area contributed by atoms with Crippen LogP contribution in [0.15, 0.2) is 48.5 Å². The molecule has 156 valence electrons. The highest BCUT2D eigenvalue weighted by molar-refractivity contribution is 7.92. The van der Waals surface area contributed by atoms with E-state index in [-0.39, 0.29) is 19.0 Å². The minimum atomic E-state index is -3.71. The van der Waals surface area contributed by atoms with Crippen molar-refractivity contribution in [2.24, 2.45) is 0 Å². The molecule has 29 heavy (non-hydrogen) atoms. The lowest BCUT2D eigenvalue weighted by Gasteiger charge is -2.22. The number of carbonyl (C=O) groups excluding carboxylic acids is 2. The van der Waals surface area contributed by atoms with Crippen molar-refractivity contribution in [3.05, 3.63) is 59.7 Å². The number of amides is 2. The summed E-state index contributed by atoms with van der Waals surface area (Å²) in [6.07, 6.45) is 1.03. The van der Waals surface area contributed by atoms with E-state index in [1.165, 1.54) is 36.3 Å². The van der Waals surface area contributed by atoms with Crippen LogP contribution in [0.1, 0.15) is 15.9 Å². The molecule has 0 saturated carbocycles. The molecule has 2 aromatic rings. The number of ether oxygens (including phenoxy) is 1. The predicted octanol–water partition coefficient (Wildman–Crippen LogP) is 1.48. The fourth-order valence-corrected chi connectivity index (χ4v) is 3.51. The molecule has 0 aromatic heterocycles. The van der Waals surface area contributed by atoms with Gasteiger partial charge in [-0.05, 0) is 30.3 Å². The van der Waals surface area contributed by atoms with Crippen LogP contribution < -0.4 is 14.4 Å². The van der Waals surface area contributed by atoms with Gasteiger partial charge in [-0.1, -0.05) is 18.2 Å². The summed E-state index contributed by atoms with van der Waals surface area (Å²) in [6.45, 7) is -0.175. The van der Waals surface area contributed by atoms with Crippen molar-refractivity contribution in [2.75, 3.05) is 38.3 Å². The Labute approximate surface area is 171 Å². The molecule has 0 unspecified atom stereocenters. The number of nitrogens with one attached hydrogen (secondary N) is 1. The Morgan fingerprint density at radius 2 is 1.66 bits per heavy atom. The molecule has 2 rings (SSSR count). The molecule has 0 heterocycles. The highest BCUT2D eigenvalue weighted by atomic mass is 32.2. The van der Waals surface area contributed by atoms with Gasteiger partial charge in [0.2, 0.25) is 15.9 Å². The van der Waals surface area contributed by atoms with Crippen LogP contribution in [-0.4, -0.2) is 59.1 Å². The smallest absolute Gasteiger partial charge is 0.253 e. The molecule has 0 aliphatic heterocycles. The number of hydrogen-bond acceptors (Lipinski definition) is 5. The zero-order valence-electron chi connectivity index (χ0n) is 16.9. The van der Waals surface area contributed by atoms with E-state index in [2.05, 4.69) is 5.32 Å². The Morgan fingerprint density at radius 3 is 2.21 bits per heavy atom. The van der Waals surface area contributed by atoms with Crippen LogP contribution in [0.4, 0.5) is 5.69 Å². The summed E-state index contributed by atoms with van der Waals surface area (Å²) in [5, 5.41) is 2.70. The lowest BCUT2D eigenvalue weighted by molar-refractivity contribution is -0.119. The van der Waals surface area contributed by atoms with Crippen molar-refractivity contribution in [1.29, 1.82) is 0 Å². The summed E-state index contributed by atoms with van der Waals surface area (Å²) in [6, 6.07) is 13.3. The Kier molecular flexibility index (Phi) is 7.22. The van der Waals surface area contributed by atoms with Gasteiger partial charge in [-0.3, -0.25) is 13.9 Å². The Morgan fingerprint density at radius 1 is 1.03 bits per heavy atom. The first-order valence-electron chi connectivity index (χ1n) is 8.81. The molecule has 1 N–H and O–H groups in total. The summed E-state index contributed by atoms with van der Waals surface area (Å²) in [7, 11) is 1.09. The van der Waals surface area contributed by atoms with E-state index < -0.39 is 15.9 Å². The van der Waals surface area contributed by atoms with Gasteiger partial charge in [0, 0.05) is 31.8 Å². The molecule has 2 aromatic carbocycles. The van der Waals surface area contributed by atoms with Crippen LogP contribution in [0.3, 0.4) is 0 Å². The van der Waals surface area contributed by atoms with Gasteiger partial charge in [-0.2, -0.15) is 0 Å². The number of methoxy groups -OCH3 is 1. The Balaban J connectivity index is 2.13. The van der Waals surface area contributed by atoms with E-state index >= 15 is 0 Å². The second-order valence-electron chi connectivity index (χ2n) is 6.60. The van der Waals surface area contributed by atoms with Gasteiger partial charge in [-0.25, -0.2) is 8.42 Å². The summed E-state index contributed by atoms with van der Waals surface area (Å²) in [4.78, 5) is 25.8. The molecule has 0 aliphatic carbocycles. The van der Waals surface area contributed by atoms with Crippen molar-refractivity contribution >= 4 is 27.5 Å². The highest BCUT2D eigenvalue weighted by Gasteiger charge is 2.21. The number of nitrogens with zero attached hydrogens (tertiary/aromatic N) is 2. The third-order valence-electron chi connectivity index (χ3n) is 4.16. The van der Waals surface area contributed by atoms with Gasteiger partial charge >= 0.3 is 0 Å². The molecule has 0 fully saturated rings. The van der Waals surface area contributed by atoms with Gasteiger partial charge in [0.15, 0.2) is 0 Å². The van der Waals surface area contributed by atoms with E-state index in [9.17, 15) is 18.0 Å². The number of carbonyl (C=O) groups is 2. The standard InChI is InChI=1S/C20H25N3O5S/c1-22(2)20(25)15-9-11-17(12-10-15)23(29(4,26)27)14-19(24)21-13-16-7-5-6-8-18(16)28-3/h5-12H,13-14H2,1-4H3,(H,21,24). The number of para-hydroxylation sites is 1. The van der Waals surface area contributed by atoms with Gasteiger partial charge in [0.1, 0.15) is 12.3 Å². The van der Waals surface area contributed by atoms with Crippen molar-refractivity contribution < 1.29 is 22.7 Å². The number of benzene rings is 2. The van der Waals surface area contributed by atoms with Crippen LogP contribution in [-0.2, 0) is 21.4 Å². The first kappa shape index (κ1) is 22.2. The lowest BCUT2D eigenvalue weighted by Crippen LogP contribution is -2.40. The third kappa shape index (κ3) is 5.95. The zero-order chi connectivity index (χ0) is 21.6. The summed E-state index contributed by atoms with van der Waals surface area (Å²) < 4.78 is 30.7. The third-order valence-corrected chi connectivity index (χ3v) is 5.31. The summed E-state index contributed by atoms with van der Waals surface area (Å²) in [5.74, 6) is -0.0271. The average molecular weight is 420 g/mol. The first-order chi connectivity index (χ1) is 13.6. The van der Waals surface area contributed by atoms with Crippen LogP contribution >= 0.6 is 0 Å². The molecule has 2 amide bonds. The fourth-order valence-electron chi connectivity index (χ4n) is 2.66. The minimum Gasteiger partial charge on any atom is -0.496 e. The molecular weight excluding hydrogens is 394 g/mol. The molecule has 0 bridgehead atoms. The van der Waals surface area contributed by atoms with Crippen molar-refractivity contribution in [3.8, 4) is 5.75 Å². The second kappa shape index (κ2) is 9.42. The van der Waals surface area contributed by atoms with Gasteiger partial charge in [0.25, 0.3) is 5.91 Å². The minimum absolute atomic E-state index is 0.197. The van der Waals surface area contributed by atoms with Crippen LogP contribution in [0, 0.1) is 0 Å².